The molecule has 1 aromatic carbocycles. The van der Waals surface area contributed by atoms with Crippen LogP contribution in [-0.4, -0.2) is 22.7 Å². The Morgan fingerprint density at radius 1 is 1.32 bits per heavy atom. The molecule has 1 aromatic heterocycles. The van der Waals surface area contributed by atoms with Crippen molar-refractivity contribution in [1.82, 2.24) is 10.2 Å². The Morgan fingerprint density at radius 3 is 2.82 bits per heavy atom. The van der Waals surface area contributed by atoms with Gasteiger partial charge in [-0.25, -0.2) is 0 Å². The fourth-order valence-corrected chi connectivity index (χ4v) is 2.94. The van der Waals surface area contributed by atoms with Crippen LogP contribution in [0, 0.1) is 5.92 Å². The molecular weight excluding hydrogens is 298 g/mol. The van der Waals surface area contributed by atoms with E-state index in [0.29, 0.717) is 11.0 Å². The van der Waals surface area contributed by atoms with E-state index < -0.39 is 0 Å². The average Bonchev–Trinajstić information content (AvgIpc) is 2.91. The minimum Gasteiger partial charge on any atom is -0.483 e. The number of aromatic nitrogens is 2. The number of rotatable bonds is 7. The fourth-order valence-electron chi connectivity index (χ4n) is 1.97. The first-order chi connectivity index (χ1) is 10.6. The maximum Gasteiger partial charge on any atom is 0.264 e. The van der Waals surface area contributed by atoms with Gasteiger partial charge in [-0.3, -0.25) is 10.1 Å². The lowest BCUT2D eigenvalue weighted by Crippen LogP contribution is -2.20. The zero-order chi connectivity index (χ0) is 15.9. The largest absolute Gasteiger partial charge is 0.483 e. The second-order valence-corrected chi connectivity index (χ2v) is 6.46. The lowest BCUT2D eigenvalue weighted by Gasteiger charge is -2.09. The third-order valence-corrected chi connectivity index (χ3v) is 3.87. The van der Waals surface area contributed by atoms with Crippen molar-refractivity contribution in [1.29, 1.82) is 0 Å². The predicted octanol–water partition coefficient (Wildman–Crippen LogP) is 3.32. The van der Waals surface area contributed by atoms with E-state index in [-0.39, 0.29) is 12.5 Å². The first-order valence-electron chi connectivity index (χ1n) is 7.41. The summed E-state index contributed by atoms with van der Waals surface area (Å²) in [6.45, 7) is 6.27. The lowest BCUT2D eigenvalue weighted by molar-refractivity contribution is -0.118. The summed E-state index contributed by atoms with van der Waals surface area (Å²) in [7, 11) is 0. The number of ether oxygens (including phenoxy) is 1. The summed E-state index contributed by atoms with van der Waals surface area (Å²) in [5, 5.41) is 12.2. The minimum absolute atomic E-state index is 0.0316. The van der Waals surface area contributed by atoms with Crippen LogP contribution in [0.3, 0.4) is 0 Å². The highest BCUT2D eigenvalue weighted by Crippen LogP contribution is 2.20. The zero-order valence-electron chi connectivity index (χ0n) is 13.1. The van der Waals surface area contributed by atoms with Crippen LogP contribution in [0.15, 0.2) is 24.3 Å². The van der Waals surface area contributed by atoms with Gasteiger partial charge >= 0.3 is 0 Å². The van der Waals surface area contributed by atoms with Crippen LogP contribution in [0.25, 0.3) is 0 Å². The molecule has 0 saturated heterocycles. The lowest BCUT2D eigenvalue weighted by atomic mass is 10.1. The van der Waals surface area contributed by atoms with E-state index >= 15 is 0 Å². The number of aryl methyl sites for hydroxylation is 1. The number of amides is 1. The smallest absolute Gasteiger partial charge is 0.264 e. The molecule has 0 fully saturated rings. The molecule has 0 aliphatic carbocycles. The highest BCUT2D eigenvalue weighted by molar-refractivity contribution is 7.15. The highest BCUT2D eigenvalue weighted by atomic mass is 32.1. The van der Waals surface area contributed by atoms with Gasteiger partial charge in [0.05, 0.1) is 0 Å². The molecule has 2 aromatic rings. The van der Waals surface area contributed by atoms with E-state index in [2.05, 4.69) is 36.3 Å². The summed E-state index contributed by atoms with van der Waals surface area (Å²) >= 11 is 1.41. The number of hydrogen-bond donors (Lipinski definition) is 1. The van der Waals surface area contributed by atoms with Gasteiger partial charge in [-0.15, -0.1) is 10.2 Å². The Kier molecular flexibility index (Phi) is 5.89. The number of benzene rings is 1. The molecule has 0 atom stereocenters. The molecular formula is C16H21N3O2S. The molecule has 0 aliphatic rings. The van der Waals surface area contributed by atoms with Crippen molar-refractivity contribution in [2.45, 2.75) is 33.6 Å². The number of nitrogens with one attached hydrogen (secondary N) is 1. The number of para-hydroxylation sites is 1. The van der Waals surface area contributed by atoms with Crippen LogP contribution in [0.5, 0.6) is 5.75 Å². The Balaban J connectivity index is 1.86. The number of hydrogen-bond acceptors (Lipinski definition) is 5. The normalized spacial score (nSPS) is 10.7. The van der Waals surface area contributed by atoms with Crippen LogP contribution in [0.4, 0.5) is 5.13 Å². The Labute approximate surface area is 134 Å². The van der Waals surface area contributed by atoms with Crippen LogP contribution >= 0.6 is 11.3 Å². The molecule has 118 valence electrons. The van der Waals surface area contributed by atoms with Gasteiger partial charge in [-0.05, 0) is 24.0 Å². The summed E-state index contributed by atoms with van der Waals surface area (Å²) < 4.78 is 5.58. The number of carbonyl (C=O) groups excluding carboxylic acids is 1. The van der Waals surface area contributed by atoms with E-state index in [1.165, 1.54) is 11.3 Å². The van der Waals surface area contributed by atoms with Crippen LogP contribution < -0.4 is 10.1 Å². The molecule has 22 heavy (non-hydrogen) atoms. The molecule has 0 radical (unpaired) electrons. The van der Waals surface area contributed by atoms with Gasteiger partial charge in [0.15, 0.2) is 6.61 Å². The third-order valence-electron chi connectivity index (χ3n) is 3.01. The molecule has 0 spiro atoms. The quantitative estimate of drug-likeness (QED) is 0.850. The predicted molar refractivity (Wildman–Crippen MR) is 88.4 cm³/mol. The summed E-state index contributed by atoms with van der Waals surface area (Å²) in [5.74, 6) is 1.04. The molecule has 0 aliphatic heterocycles. The standard InChI is InChI=1S/C16H21N3O2S/c1-4-12-7-5-6-8-13(12)21-10-14(20)17-16-19-18-15(22-16)9-11(2)3/h5-8,11H,4,9-10H2,1-3H3,(H,17,19,20). The topological polar surface area (TPSA) is 64.1 Å². The second kappa shape index (κ2) is 7.89. The molecule has 0 bridgehead atoms. The maximum absolute atomic E-state index is 11.9. The molecule has 0 saturated carbocycles. The van der Waals surface area contributed by atoms with Crippen molar-refractivity contribution in [3.8, 4) is 5.75 Å². The van der Waals surface area contributed by atoms with Gasteiger partial charge in [-0.1, -0.05) is 50.3 Å². The minimum atomic E-state index is -0.224. The highest BCUT2D eigenvalue weighted by Gasteiger charge is 2.10. The van der Waals surface area contributed by atoms with Gasteiger partial charge in [-0.2, -0.15) is 0 Å². The summed E-state index contributed by atoms with van der Waals surface area (Å²) in [6, 6.07) is 7.73. The van der Waals surface area contributed by atoms with Crippen molar-refractivity contribution < 1.29 is 9.53 Å². The summed E-state index contributed by atoms with van der Waals surface area (Å²) in [4.78, 5) is 11.9. The Bertz CT molecular complexity index is 625. The van der Waals surface area contributed by atoms with Gasteiger partial charge in [0.2, 0.25) is 5.13 Å². The zero-order valence-corrected chi connectivity index (χ0v) is 13.9. The van der Waals surface area contributed by atoms with E-state index in [0.717, 1.165) is 29.2 Å². The SMILES string of the molecule is CCc1ccccc1OCC(=O)Nc1nnc(CC(C)C)s1. The van der Waals surface area contributed by atoms with Crippen molar-refractivity contribution in [3.63, 3.8) is 0 Å². The number of nitrogens with zero attached hydrogens (tertiary/aromatic N) is 2. The van der Waals surface area contributed by atoms with Crippen molar-refractivity contribution in [3.05, 3.63) is 34.8 Å². The van der Waals surface area contributed by atoms with E-state index in [4.69, 9.17) is 4.74 Å². The monoisotopic (exact) mass is 319 g/mol. The average molecular weight is 319 g/mol. The fraction of sp³-hybridized carbons (Fsp3) is 0.438. The number of carbonyl (C=O) groups is 1. The third kappa shape index (κ3) is 4.80. The molecule has 0 unspecified atom stereocenters. The van der Waals surface area contributed by atoms with Crippen molar-refractivity contribution in [2.24, 2.45) is 5.92 Å². The van der Waals surface area contributed by atoms with E-state index in [9.17, 15) is 4.79 Å². The number of anilines is 1. The molecule has 1 heterocycles. The van der Waals surface area contributed by atoms with Gasteiger partial charge in [0.1, 0.15) is 10.8 Å². The summed E-state index contributed by atoms with van der Waals surface area (Å²) in [6.07, 6.45) is 1.74. The summed E-state index contributed by atoms with van der Waals surface area (Å²) in [5.41, 5.74) is 1.09. The van der Waals surface area contributed by atoms with Gasteiger partial charge in [0, 0.05) is 6.42 Å². The first kappa shape index (κ1) is 16.4. The van der Waals surface area contributed by atoms with Gasteiger partial charge in [0.25, 0.3) is 5.91 Å². The Hall–Kier alpha value is -1.95. The molecule has 1 N–H and O–H groups in total. The molecule has 1 amide bonds. The molecule has 2 rings (SSSR count). The maximum atomic E-state index is 11.9. The Morgan fingerprint density at radius 2 is 2.09 bits per heavy atom. The van der Waals surface area contributed by atoms with Crippen LogP contribution in [-0.2, 0) is 17.6 Å². The van der Waals surface area contributed by atoms with Gasteiger partial charge < -0.3 is 4.74 Å². The van der Waals surface area contributed by atoms with Crippen molar-refractivity contribution >= 4 is 22.4 Å². The van der Waals surface area contributed by atoms with Crippen LogP contribution in [0.1, 0.15) is 31.3 Å². The van der Waals surface area contributed by atoms with Crippen LogP contribution in [0.2, 0.25) is 0 Å². The molecule has 6 heteroatoms. The van der Waals surface area contributed by atoms with Crippen molar-refractivity contribution in [2.75, 3.05) is 11.9 Å². The second-order valence-electron chi connectivity index (χ2n) is 5.40. The first-order valence-corrected chi connectivity index (χ1v) is 8.23. The van der Waals surface area contributed by atoms with E-state index in [1.807, 2.05) is 24.3 Å². The molecule has 5 nitrogen and oxygen atoms in total. The van der Waals surface area contributed by atoms with E-state index in [1.54, 1.807) is 0 Å².